The molecule has 4 rings (SSSR count). The maximum absolute atomic E-state index is 6.09. The number of nitrogen functional groups attached to an aromatic ring is 1. The smallest absolute Gasteiger partial charge is 0.127 e. The Hall–Kier alpha value is -1.43. The highest BCUT2D eigenvalue weighted by Crippen LogP contribution is 2.48. The molecule has 130 valence electrons. The second-order valence-electron chi connectivity index (χ2n) is 7.19. The van der Waals surface area contributed by atoms with Gasteiger partial charge in [-0.25, -0.2) is 4.98 Å². The van der Waals surface area contributed by atoms with E-state index in [-0.39, 0.29) is 5.41 Å². The van der Waals surface area contributed by atoms with E-state index >= 15 is 0 Å². The molecule has 3 aliphatic heterocycles. The summed E-state index contributed by atoms with van der Waals surface area (Å²) in [5.41, 5.74) is 8.95. The van der Waals surface area contributed by atoms with Crippen molar-refractivity contribution in [3.8, 4) is 0 Å². The average molecular weight is 329 g/mol. The molecule has 0 radical (unpaired) electrons. The Morgan fingerprint density at radius 3 is 3.12 bits per heavy atom. The van der Waals surface area contributed by atoms with Crippen LogP contribution in [0.25, 0.3) is 0 Å². The Morgan fingerprint density at radius 1 is 1.33 bits per heavy atom. The summed E-state index contributed by atoms with van der Waals surface area (Å²) in [7, 11) is 0. The zero-order valence-electron chi connectivity index (χ0n) is 14.2. The number of ether oxygens (including phenoxy) is 2. The minimum Gasteiger partial charge on any atom is -0.383 e. The molecule has 1 aromatic rings. The van der Waals surface area contributed by atoms with Gasteiger partial charge in [-0.05, 0) is 38.3 Å². The minimum atomic E-state index is 0.164. The van der Waals surface area contributed by atoms with Gasteiger partial charge in [-0.1, -0.05) is 17.7 Å². The Morgan fingerprint density at radius 2 is 2.29 bits per heavy atom. The predicted octanol–water partition coefficient (Wildman–Crippen LogP) is 2.38. The molecule has 2 N–H and O–H groups in total. The van der Waals surface area contributed by atoms with Gasteiger partial charge in [-0.2, -0.15) is 0 Å². The van der Waals surface area contributed by atoms with Crippen molar-refractivity contribution in [1.82, 2.24) is 9.88 Å². The summed E-state index contributed by atoms with van der Waals surface area (Å²) in [5.74, 6) is 0.658. The molecule has 2 fully saturated rings. The van der Waals surface area contributed by atoms with Crippen molar-refractivity contribution < 1.29 is 9.47 Å². The second-order valence-corrected chi connectivity index (χ2v) is 7.19. The van der Waals surface area contributed by atoms with Crippen LogP contribution >= 0.6 is 0 Å². The van der Waals surface area contributed by atoms with Crippen LogP contribution in [-0.4, -0.2) is 48.9 Å². The Kier molecular flexibility index (Phi) is 4.57. The highest BCUT2D eigenvalue weighted by atomic mass is 16.5. The van der Waals surface area contributed by atoms with Crippen molar-refractivity contribution in [2.75, 3.05) is 38.7 Å². The molecule has 0 bridgehead atoms. The first-order valence-corrected chi connectivity index (χ1v) is 9.08. The number of hydrogen-bond donors (Lipinski definition) is 1. The zero-order valence-corrected chi connectivity index (χ0v) is 14.2. The Labute approximate surface area is 143 Å². The lowest BCUT2D eigenvalue weighted by Gasteiger charge is -2.54. The van der Waals surface area contributed by atoms with E-state index in [4.69, 9.17) is 15.2 Å². The van der Waals surface area contributed by atoms with Gasteiger partial charge in [-0.3, -0.25) is 4.90 Å². The average Bonchev–Trinajstić information content (AvgIpc) is 2.64. The summed E-state index contributed by atoms with van der Waals surface area (Å²) in [5, 5.41) is 0. The van der Waals surface area contributed by atoms with E-state index in [1.807, 2.05) is 6.07 Å². The molecular formula is C19H27N3O2. The van der Waals surface area contributed by atoms with Crippen LogP contribution in [0.5, 0.6) is 0 Å². The highest BCUT2D eigenvalue weighted by Gasteiger charge is 2.48. The van der Waals surface area contributed by atoms with Gasteiger partial charge >= 0.3 is 0 Å². The van der Waals surface area contributed by atoms with Gasteiger partial charge in [0.25, 0.3) is 0 Å². The van der Waals surface area contributed by atoms with Crippen LogP contribution in [0, 0.1) is 5.41 Å². The molecule has 1 aromatic heterocycles. The molecule has 0 unspecified atom stereocenters. The molecule has 2 atom stereocenters. The molecule has 0 aromatic carbocycles. The van der Waals surface area contributed by atoms with E-state index < -0.39 is 0 Å². The van der Waals surface area contributed by atoms with Gasteiger partial charge in [0, 0.05) is 36.4 Å². The largest absolute Gasteiger partial charge is 0.383 e. The highest BCUT2D eigenvalue weighted by molar-refractivity contribution is 5.38. The van der Waals surface area contributed by atoms with Crippen LogP contribution < -0.4 is 5.73 Å². The number of fused-ring (bicyclic) bond motifs is 1. The lowest BCUT2D eigenvalue weighted by Crippen LogP contribution is -2.58. The molecule has 0 spiro atoms. The first-order chi connectivity index (χ1) is 11.8. The SMILES string of the molecule is Nc1ncccc1CN1CCC[C@@]2(C3=CCOCC3)COCC[C@H]12. The van der Waals surface area contributed by atoms with Gasteiger partial charge in [0.1, 0.15) is 5.82 Å². The quantitative estimate of drug-likeness (QED) is 0.863. The van der Waals surface area contributed by atoms with Crippen molar-refractivity contribution in [3.05, 3.63) is 35.5 Å². The molecular weight excluding hydrogens is 302 g/mol. The maximum Gasteiger partial charge on any atom is 0.127 e. The Bertz CT molecular complexity index is 614. The molecule has 5 heteroatoms. The van der Waals surface area contributed by atoms with E-state index in [0.29, 0.717) is 11.9 Å². The van der Waals surface area contributed by atoms with Gasteiger partial charge in [0.2, 0.25) is 0 Å². The van der Waals surface area contributed by atoms with Crippen molar-refractivity contribution in [2.45, 2.75) is 38.3 Å². The molecule has 0 amide bonds. The second kappa shape index (κ2) is 6.82. The van der Waals surface area contributed by atoms with Gasteiger partial charge < -0.3 is 15.2 Å². The number of anilines is 1. The van der Waals surface area contributed by atoms with Crippen LogP contribution in [0.15, 0.2) is 30.0 Å². The van der Waals surface area contributed by atoms with E-state index in [0.717, 1.165) is 57.9 Å². The monoisotopic (exact) mass is 329 g/mol. The molecule has 3 aliphatic rings. The first kappa shape index (κ1) is 16.1. The summed E-state index contributed by atoms with van der Waals surface area (Å²) < 4.78 is 11.5. The fraction of sp³-hybridized carbons (Fsp3) is 0.632. The lowest BCUT2D eigenvalue weighted by atomic mass is 9.65. The number of nitrogens with zero attached hydrogens (tertiary/aromatic N) is 2. The van der Waals surface area contributed by atoms with E-state index in [1.54, 1.807) is 11.8 Å². The van der Waals surface area contributed by atoms with E-state index in [9.17, 15) is 0 Å². The molecule has 4 heterocycles. The molecule has 5 nitrogen and oxygen atoms in total. The van der Waals surface area contributed by atoms with Gasteiger partial charge in [0.15, 0.2) is 0 Å². The van der Waals surface area contributed by atoms with Crippen LogP contribution in [0.4, 0.5) is 5.82 Å². The van der Waals surface area contributed by atoms with Crippen molar-refractivity contribution >= 4 is 5.82 Å². The topological polar surface area (TPSA) is 60.6 Å². The number of likely N-dealkylation sites (tertiary alicyclic amines) is 1. The van der Waals surface area contributed by atoms with Crippen LogP contribution in [0.2, 0.25) is 0 Å². The van der Waals surface area contributed by atoms with Gasteiger partial charge in [0.05, 0.1) is 19.8 Å². The third kappa shape index (κ3) is 2.85. The summed E-state index contributed by atoms with van der Waals surface area (Å²) in [4.78, 5) is 6.88. The molecule has 24 heavy (non-hydrogen) atoms. The number of piperidine rings is 1. The van der Waals surface area contributed by atoms with Crippen molar-refractivity contribution in [2.24, 2.45) is 5.41 Å². The third-order valence-electron chi connectivity index (χ3n) is 5.94. The zero-order chi connectivity index (χ0) is 16.4. The molecule has 0 aliphatic carbocycles. The summed E-state index contributed by atoms with van der Waals surface area (Å²) in [6.45, 7) is 5.31. The number of pyridine rings is 1. The number of hydrogen-bond acceptors (Lipinski definition) is 5. The maximum atomic E-state index is 6.09. The van der Waals surface area contributed by atoms with Crippen LogP contribution in [0.3, 0.4) is 0 Å². The normalized spacial score (nSPS) is 31.3. The Balaban J connectivity index is 1.62. The molecule has 2 saturated heterocycles. The van der Waals surface area contributed by atoms with Crippen molar-refractivity contribution in [3.63, 3.8) is 0 Å². The predicted molar refractivity (Wildman–Crippen MR) is 93.5 cm³/mol. The standard InChI is InChI=1S/C19H27N3O2/c20-18-15(3-1-8-21-18)13-22-9-2-7-19(14-24-12-6-17(19)22)16-4-10-23-11-5-16/h1,3-4,8,17H,2,5-7,9-14H2,(H2,20,21)/t17-,19-/m0/s1. The van der Waals surface area contributed by atoms with Crippen molar-refractivity contribution in [1.29, 1.82) is 0 Å². The minimum absolute atomic E-state index is 0.164. The van der Waals surface area contributed by atoms with Crippen LogP contribution in [0.1, 0.15) is 31.2 Å². The summed E-state index contributed by atoms with van der Waals surface area (Å²) >= 11 is 0. The summed E-state index contributed by atoms with van der Waals surface area (Å²) in [6, 6.07) is 4.61. The lowest BCUT2D eigenvalue weighted by molar-refractivity contribution is -0.0873. The van der Waals surface area contributed by atoms with E-state index in [1.165, 1.54) is 12.8 Å². The number of nitrogens with two attached hydrogens (primary N) is 1. The van der Waals surface area contributed by atoms with E-state index in [2.05, 4.69) is 22.0 Å². The molecule has 0 saturated carbocycles. The first-order valence-electron chi connectivity index (χ1n) is 9.08. The third-order valence-corrected chi connectivity index (χ3v) is 5.94. The fourth-order valence-electron chi connectivity index (χ4n) is 4.79. The summed E-state index contributed by atoms with van der Waals surface area (Å²) in [6.07, 6.45) is 8.65. The number of rotatable bonds is 3. The number of aromatic nitrogens is 1. The van der Waals surface area contributed by atoms with Crippen LogP contribution in [-0.2, 0) is 16.0 Å². The van der Waals surface area contributed by atoms with Gasteiger partial charge in [-0.15, -0.1) is 0 Å². The fourth-order valence-corrected chi connectivity index (χ4v) is 4.79.